The standard InChI is InChI=1S/C20H23FN6O2S/c1-11-8-13(17(22)28)14(21)9-15(11)24-19-23-10-16-18(25-19)27(20(29)26(16)2)12-4-6-30(3)7-5-12/h8-10,12H,4-7H2,1-3H3,(H2-,22,23,24,25,28)/p+1. The fourth-order valence-electron chi connectivity index (χ4n) is 3.83. The van der Waals surface area contributed by atoms with E-state index in [1.165, 1.54) is 12.1 Å². The third-order valence-electron chi connectivity index (χ3n) is 5.62. The van der Waals surface area contributed by atoms with Gasteiger partial charge in [0, 0.05) is 31.6 Å². The van der Waals surface area contributed by atoms with Gasteiger partial charge in [0.2, 0.25) is 5.95 Å². The second kappa shape index (κ2) is 7.75. The number of hydrogen-bond donors (Lipinski definition) is 2. The number of primary amides is 1. The van der Waals surface area contributed by atoms with Crippen molar-refractivity contribution in [3.05, 3.63) is 45.8 Å². The van der Waals surface area contributed by atoms with E-state index >= 15 is 0 Å². The van der Waals surface area contributed by atoms with Crippen LogP contribution in [0.5, 0.6) is 0 Å². The quantitative estimate of drug-likeness (QED) is 0.615. The first kappa shape index (κ1) is 20.4. The highest BCUT2D eigenvalue weighted by Crippen LogP contribution is 2.27. The zero-order valence-electron chi connectivity index (χ0n) is 17.1. The van der Waals surface area contributed by atoms with Gasteiger partial charge in [0.05, 0.1) is 18.0 Å². The number of carbonyl (C=O) groups is 1. The summed E-state index contributed by atoms with van der Waals surface area (Å²) >= 11 is 0. The van der Waals surface area contributed by atoms with Gasteiger partial charge in [-0.1, -0.05) is 0 Å². The Morgan fingerprint density at radius 1 is 1.33 bits per heavy atom. The second-order valence-electron chi connectivity index (χ2n) is 7.67. The van der Waals surface area contributed by atoms with Crippen LogP contribution in [0.25, 0.3) is 11.2 Å². The van der Waals surface area contributed by atoms with Gasteiger partial charge in [-0.15, -0.1) is 0 Å². The van der Waals surface area contributed by atoms with Gasteiger partial charge in [-0.25, -0.2) is 14.2 Å². The molecule has 0 aliphatic carbocycles. The van der Waals surface area contributed by atoms with Crippen molar-refractivity contribution in [2.24, 2.45) is 12.8 Å². The molecule has 3 aromatic rings. The number of imidazole rings is 1. The molecule has 0 spiro atoms. The van der Waals surface area contributed by atoms with E-state index in [0.29, 0.717) is 33.3 Å². The number of benzene rings is 1. The number of rotatable bonds is 4. The topological polar surface area (TPSA) is 108 Å². The molecule has 1 amide bonds. The highest BCUT2D eigenvalue weighted by atomic mass is 32.2. The van der Waals surface area contributed by atoms with Crippen molar-refractivity contribution >= 4 is 39.6 Å². The van der Waals surface area contributed by atoms with E-state index in [-0.39, 0.29) is 23.2 Å². The number of halogens is 1. The molecule has 2 aromatic heterocycles. The molecule has 30 heavy (non-hydrogen) atoms. The Morgan fingerprint density at radius 2 is 2.03 bits per heavy atom. The van der Waals surface area contributed by atoms with E-state index in [1.807, 2.05) is 0 Å². The maximum Gasteiger partial charge on any atom is 0.330 e. The van der Waals surface area contributed by atoms with Crippen molar-refractivity contribution in [2.45, 2.75) is 25.8 Å². The van der Waals surface area contributed by atoms with Crippen LogP contribution in [0.15, 0.2) is 23.1 Å². The SMILES string of the molecule is Cc1cc(C(N)=O)c(F)cc1Nc1ncc2c(n1)n(C1CC[S+](C)CC1)c(=O)n2C. The first-order chi connectivity index (χ1) is 14.3. The minimum absolute atomic E-state index is 0.104. The summed E-state index contributed by atoms with van der Waals surface area (Å²) in [5, 5.41) is 3.00. The third-order valence-corrected chi connectivity index (χ3v) is 7.49. The van der Waals surface area contributed by atoms with Gasteiger partial charge in [0.15, 0.2) is 5.65 Å². The van der Waals surface area contributed by atoms with Gasteiger partial charge in [-0.3, -0.25) is 13.9 Å². The predicted molar refractivity (Wildman–Crippen MR) is 117 cm³/mol. The molecule has 1 saturated heterocycles. The molecule has 1 aliphatic rings. The lowest BCUT2D eigenvalue weighted by molar-refractivity contribution is 0.0996. The molecule has 3 N–H and O–H groups in total. The van der Waals surface area contributed by atoms with Crippen LogP contribution < -0.4 is 16.7 Å². The molecule has 1 aliphatic heterocycles. The van der Waals surface area contributed by atoms with Crippen molar-refractivity contribution in [1.29, 1.82) is 0 Å². The fraction of sp³-hybridized carbons (Fsp3) is 0.400. The van der Waals surface area contributed by atoms with Crippen LogP contribution in [0, 0.1) is 12.7 Å². The van der Waals surface area contributed by atoms with E-state index < -0.39 is 11.7 Å². The van der Waals surface area contributed by atoms with E-state index in [2.05, 4.69) is 21.5 Å². The minimum Gasteiger partial charge on any atom is -0.366 e. The zero-order valence-corrected chi connectivity index (χ0v) is 17.9. The zero-order chi connectivity index (χ0) is 21.6. The number of nitrogens with zero attached hydrogens (tertiary/aromatic N) is 4. The summed E-state index contributed by atoms with van der Waals surface area (Å²) < 4.78 is 17.5. The summed E-state index contributed by atoms with van der Waals surface area (Å²) in [5.74, 6) is 0.922. The molecule has 158 valence electrons. The molecule has 8 nitrogen and oxygen atoms in total. The summed E-state index contributed by atoms with van der Waals surface area (Å²) in [6.45, 7) is 1.73. The first-order valence-electron chi connectivity index (χ1n) is 9.66. The van der Waals surface area contributed by atoms with Crippen LogP contribution in [0.1, 0.15) is 34.8 Å². The number of fused-ring (bicyclic) bond motifs is 1. The Labute approximate surface area is 175 Å². The van der Waals surface area contributed by atoms with E-state index in [0.717, 1.165) is 24.3 Å². The Kier molecular flexibility index (Phi) is 5.27. The molecule has 4 rings (SSSR count). The number of aromatic nitrogens is 4. The van der Waals surface area contributed by atoms with Crippen molar-refractivity contribution < 1.29 is 9.18 Å². The van der Waals surface area contributed by atoms with Gasteiger partial charge < -0.3 is 11.1 Å². The molecular formula is C20H24FN6O2S+. The average molecular weight is 432 g/mol. The largest absolute Gasteiger partial charge is 0.366 e. The smallest absolute Gasteiger partial charge is 0.330 e. The molecule has 1 fully saturated rings. The highest BCUT2D eigenvalue weighted by Gasteiger charge is 2.29. The molecule has 0 radical (unpaired) electrons. The van der Waals surface area contributed by atoms with E-state index in [9.17, 15) is 14.0 Å². The summed E-state index contributed by atoms with van der Waals surface area (Å²) in [6.07, 6.45) is 5.76. The fourth-order valence-corrected chi connectivity index (χ4v) is 5.38. The van der Waals surface area contributed by atoms with Gasteiger partial charge in [-0.05, 0) is 35.5 Å². The number of aryl methyl sites for hydroxylation is 2. The molecular weight excluding hydrogens is 407 g/mol. The Balaban J connectivity index is 1.73. The maximum absolute atomic E-state index is 14.2. The number of amides is 1. The number of nitrogens with one attached hydrogen (secondary N) is 1. The third kappa shape index (κ3) is 3.55. The van der Waals surface area contributed by atoms with Gasteiger partial charge >= 0.3 is 5.69 Å². The Bertz CT molecular complexity index is 1200. The van der Waals surface area contributed by atoms with Gasteiger partial charge in [0.25, 0.3) is 5.91 Å². The monoisotopic (exact) mass is 431 g/mol. The molecule has 1 aromatic carbocycles. The number of nitrogens with two attached hydrogens (primary N) is 1. The van der Waals surface area contributed by atoms with Crippen LogP contribution in [0.3, 0.4) is 0 Å². The highest BCUT2D eigenvalue weighted by molar-refractivity contribution is 7.96. The van der Waals surface area contributed by atoms with E-state index in [1.54, 1.807) is 29.3 Å². The lowest BCUT2D eigenvalue weighted by Gasteiger charge is -2.21. The molecule has 3 heterocycles. The molecule has 0 unspecified atom stereocenters. The van der Waals surface area contributed by atoms with Gasteiger partial charge in [0.1, 0.15) is 22.8 Å². The second-order valence-corrected chi connectivity index (χ2v) is 10.1. The Morgan fingerprint density at radius 3 is 2.70 bits per heavy atom. The summed E-state index contributed by atoms with van der Waals surface area (Å²) in [7, 11) is 2.12. The first-order valence-corrected chi connectivity index (χ1v) is 11.6. The minimum atomic E-state index is -0.824. The van der Waals surface area contributed by atoms with Crippen LogP contribution >= 0.6 is 0 Å². The predicted octanol–water partition coefficient (Wildman–Crippen LogP) is 2.00. The van der Waals surface area contributed by atoms with Crippen molar-refractivity contribution in [1.82, 2.24) is 19.1 Å². The van der Waals surface area contributed by atoms with Crippen LogP contribution in [0.2, 0.25) is 0 Å². The summed E-state index contributed by atoms with van der Waals surface area (Å²) in [4.78, 5) is 33.1. The average Bonchev–Trinajstić information content (AvgIpc) is 2.95. The number of anilines is 2. The van der Waals surface area contributed by atoms with Crippen LogP contribution in [-0.2, 0) is 17.9 Å². The lowest BCUT2D eigenvalue weighted by atomic mass is 10.1. The lowest BCUT2D eigenvalue weighted by Crippen LogP contribution is -2.32. The van der Waals surface area contributed by atoms with Crippen LogP contribution in [0.4, 0.5) is 16.0 Å². The molecule has 10 heteroatoms. The molecule has 0 saturated carbocycles. The van der Waals surface area contributed by atoms with E-state index in [4.69, 9.17) is 5.73 Å². The van der Waals surface area contributed by atoms with Crippen molar-refractivity contribution in [3.8, 4) is 0 Å². The van der Waals surface area contributed by atoms with Crippen LogP contribution in [-0.4, -0.2) is 42.8 Å². The molecule has 0 bridgehead atoms. The molecule has 0 atom stereocenters. The summed E-state index contributed by atoms with van der Waals surface area (Å²) in [5.41, 5.74) is 7.20. The maximum atomic E-state index is 14.2. The Hall–Kier alpha value is -2.88. The summed E-state index contributed by atoms with van der Waals surface area (Å²) in [6, 6.07) is 2.70. The van der Waals surface area contributed by atoms with Crippen molar-refractivity contribution in [3.63, 3.8) is 0 Å². The van der Waals surface area contributed by atoms with Gasteiger partial charge in [-0.2, -0.15) is 4.98 Å². The number of carbonyl (C=O) groups excluding carboxylic acids is 1. The van der Waals surface area contributed by atoms with Crippen molar-refractivity contribution in [2.75, 3.05) is 23.1 Å². The normalized spacial score (nSPS) is 19.2. The number of hydrogen-bond acceptors (Lipinski definition) is 5.